The van der Waals surface area contributed by atoms with Crippen molar-refractivity contribution in [2.24, 2.45) is 0 Å². The zero-order valence-corrected chi connectivity index (χ0v) is 20.3. The molecule has 202 valence electrons. The van der Waals surface area contributed by atoms with Crippen LogP contribution in [-0.4, -0.2) is 106 Å². The Morgan fingerprint density at radius 3 is 2.57 bits per heavy atom. The zero-order chi connectivity index (χ0) is 27.1. The van der Waals surface area contributed by atoms with Crippen LogP contribution in [0, 0.1) is 0 Å². The Hall–Kier alpha value is -3.63. The molecule has 1 aromatic heterocycles. The smallest absolute Gasteiger partial charge is 0.343 e. The standard InChI is InChI=1S/C22H28N4O11/c1-11(28)23-18-20(31)19(30)16(8-27)37-22(18)36-9-12-7-26(25-24-12)13-4-5-14(21(32)34-3)15(6-13)35-10-17(29)33-2/h4-7,16,18-20,22,27,30-31H,8-10H2,1-3H3,(H,23,28)/t16-,18+,19-,20-,22+/m1/s1. The monoisotopic (exact) mass is 524 g/mol. The second kappa shape index (κ2) is 12.6. The van der Waals surface area contributed by atoms with Crippen LogP contribution < -0.4 is 10.1 Å². The van der Waals surface area contributed by atoms with Crippen molar-refractivity contribution in [1.82, 2.24) is 20.3 Å². The van der Waals surface area contributed by atoms with E-state index in [4.69, 9.17) is 18.9 Å². The van der Waals surface area contributed by atoms with Gasteiger partial charge in [-0.15, -0.1) is 5.10 Å². The Kier molecular flexibility index (Phi) is 9.48. The van der Waals surface area contributed by atoms with Gasteiger partial charge in [-0.25, -0.2) is 14.3 Å². The SMILES string of the molecule is COC(=O)COc1cc(-n2cc(CO[C@H]3O[C@H](CO)[C@@H](O)[C@H](O)[C@@H]3NC(C)=O)nn2)ccc1C(=O)OC. The highest BCUT2D eigenvalue weighted by molar-refractivity contribution is 5.93. The lowest BCUT2D eigenvalue weighted by molar-refractivity contribution is -0.273. The van der Waals surface area contributed by atoms with Gasteiger partial charge in [0.05, 0.1) is 39.3 Å². The fraction of sp³-hybridized carbons (Fsp3) is 0.500. The van der Waals surface area contributed by atoms with Crippen LogP contribution in [0.3, 0.4) is 0 Å². The van der Waals surface area contributed by atoms with Gasteiger partial charge in [-0.2, -0.15) is 0 Å². The van der Waals surface area contributed by atoms with Crippen LogP contribution in [0.1, 0.15) is 23.0 Å². The highest BCUT2D eigenvalue weighted by atomic mass is 16.7. The van der Waals surface area contributed by atoms with Crippen molar-refractivity contribution in [3.8, 4) is 11.4 Å². The second-order valence-corrected chi connectivity index (χ2v) is 7.94. The summed E-state index contributed by atoms with van der Waals surface area (Å²) in [5, 5.41) is 40.4. The number of esters is 2. The molecule has 4 N–H and O–H groups in total. The molecule has 1 aliphatic heterocycles. The molecule has 0 bridgehead atoms. The number of aromatic nitrogens is 3. The zero-order valence-electron chi connectivity index (χ0n) is 20.3. The highest BCUT2D eigenvalue weighted by Crippen LogP contribution is 2.25. The van der Waals surface area contributed by atoms with E-state index in [1.807, 2.05) is 0 Å². The number of methoxy groups -OCH3 is 2. The molecule has 0 saturated carbocycles. The Morgan fingerprint density at radius 2 is 1.92 bits per heavy atom. The van der Waals surface area contributed by atoms with Crippen LogP contribution in [0.25, 0.3) is 5.69 Å². The van der Waals surface area contributed by atoms with E-state index in [0.29, 0.717) is 11.4 Å². The number of benzene rings is 1. The molecule has 1 saturated heterocycles. The maximum absolute atomic E-state index is 12.1. The van der Waals surface area contributed by atoms with Gasteiger partial charge in [0.2, 0.25) is 5.91 Å². The van der Waals surface area contributed by atoms with Gasteiger partial charge in [-0.3, -0.25) is 4.79 Å². The maximum atomic E-state index is 12.1. The minimum atomic E-state index is -1.45. The van der Waals surface area contributed by atoms with Gasteiger partial charge in [-0.1, -0.05) is 5.21 Å². The summed E-state index contributed by atoms with van der Waals surface area (Å²) in [7, 11) is 2.41. The molecular weight excluding hydrogens is 496 g/mol. The van der Waals surface area contributed by atoms with E-state index in [1.54, 1.807) is 6.07 Å². The van der Waals surface area contributed by atoms with Crippen molar-refractivity contribution in [3.05, 3.63) is 35.7 Å². The predicted molar refractivity (Wildman–Crippen MR) is 120 cm³/mol. The third-order valence-electron chi connectivity index (χ3n) is 5.40. The number of carbonyl (C=O) groups is 3. The van der Waals surface area contributed by atoms with Crippen molar-refractivity contribution >= 4 is 17.8 Å². The number of nitrogens with zero attached hydrogens (tertiary/aromatic N) is 3. The van der Waals surface area contributed by atoms with E-state index in [9.17, 15) is 29.7 Å². The number of carbonyl (C=O) groups excluding carboxylic acids is 3. The van der Waals surface area contributed by atoms with Crippen molar-refractivity contribution < 1.29 is 53.4 Å². The molecular formula is C22H28N4O11. The third-order valence-corrected chi connectivity index (χ3v) is 5.40. The first kappa shape index (κ1) is 27.9. The van der Waals surface area contributed by atoms with Crippen molar-refractivity contribution in [1.29, 1.82) is 0 Å². The topological polar surface area (TPSA) is 201 Å². The van der Waals surface area contributed by atoms with E-state index in [0.717, 1.165) is 0 Å². The highest BCUT2D eigenvalue weighted by Gasteiger charge is 2.45. The van der Waals surface area contributed by atoms with Crippen LogP contribution in [0.15, 0.2) is 24.4 Å². The number of aliphatic hydroxyl groups excluding tert-OH is 3. The fourth-order valence-corrected chi connectivity index (χ4v) is 3.52. The maximum Gasteiger partial charge on any atom is 0.343 e. The summed E-state index contributed by atoms with van der Waals surface area (Å²) in [5.41, 5.74) is 0.826. The lowest BCUT2D eigenvalue weighted by atomic mass is 9.97. The molecule has 2 aromatic rings. The first-order chi connectivity index (χ1) is 17.7. The minimum absolute atomic E-state index is 0.0550. The first-order valence-electron chi connectivity index (χ1n) is 11.0. The summed E-state index contributed by atoms with van der Waals surface area (Å²) in [6.45, 7) is 0.0395. The molecule has 37 heavy (non-hydrogen) atoms. The van der Waals surface area contributed by atoms with Crippen molar-refractivity contribution in [2.45, 2.75) is 44.2 Å². The van der Waals surface area contributed by atoms with Crippen LogP contribution in [-0.2, 0) is 35.1 Å². The van der Waals surface area contributed by atoms with Crippen LogP contribution >= 0.6 is 0 Å². The Balaban J connectivity index is 1.76. The molecule has 1 amide bonds. The predicted octanol–water partition coefficient (Wildman–Crippen LogP) is -1.93. The van der Waals surface area contributed by atoms with Crippen LogP contribution in [0.5, 0.6) is 5.75 Å². The molecule has 0 unspecified atom stereocenters. The molecule has 15 nitrogen and oxygen atoms in total. The number of hydrogen-bond acceptors (Lipinski definition) is 13. The summed E-state index contributed by atoms with van der Waals surface area (Å²) < 4.78 is 27.2. The van der Waals surface area contributed by atoms with E-state index in [-0.39, 0.29) is 17.9 Å². The molecule has 2 heterocycles. The van der Waals surface area contributed by atoms with E-state index < -0.39 is 61.7 Å². The summed E-state index contributed by atoms with van der Waals surface area (Å²) in [5.74, 6) is -1.75. The molecule has 1 aromatic carbocycles. The molecule has 0 spiro atoms. The number of nitrogens with one attached hydrogen (secondary N) is 1. The van der Waals surface area contributed by atoms with Crippen molar-refractivity contribution in [2.75, 3.05) is 27.4 Å². The molecule has 1 fully saturated rings. The lowest BCUT2D eigenvalue weighted by Crippen LogP contribution is -2.64. The Bertz CT molecular complexity index is 1110. The largest absolute Gasteiger partial charge is 0.481 e. The molecule has 3 rings (SSSR count). The summed E-state index contributed by atoms with van der Waals surface area (Å²) in [6, 6.07) is 3.33. The fourth-order valence-electron chi connectivity index (χ4n) is 3.52. The summed E-state index contributed by atoms with van der Waals surface area (Å²) >= 11 is 0. The van der Waals surface area contributed by atoms with Crippen LogP contribution in [0.4, 0.5) is 0 Å². The first-order valence-corrected chi connectivity index (χ1v) is 11.0. The quantitative estimate of drug-likeness (QED) is 0.251. The second-order valence-electron chi connectivity index (χ2n) is 7.94. The van der Waals surface area contributed by atoms with Gasteiger partial charge >= 0.3 is 11.9 Å². The Labute approximate surface area is 210 Å². The molecule has 1 aliphatic rings. The molecule has 15 heteroatoms. The van der Waals surface area contributed by atoms with Gasteiger partial charge in [0.25, 0.3) is 0 Å². The molecule has 5 atom stereocenters. The number of aliphatic hydroxyl groups is 3. The van der Waals surface area contributed by atoms with E-state index in [1.165, 1.54) is 44.2 Å². The van der Waals surface area contributed by atoms with Gasteiger partial charge in [0.1, 0.15) is 41.4 Å². The third kappa shape index (κ3) is 6.78. The van der Waals surface area contributed by atoms with E-state index >= 15 is 0 Å². The summed E-state index contributed by atoms with van der Waals surface area (Å²) in [6.07, 6.45) is -3.72. The van der Waals surface area contributed by atoms with E-state index in [2.05, 4.69) is 20.4 Å². The number of rotatable bonds is 10. The summed E-state index contributed by atoms with van der Waals surface area (Å²) in [4.78, 5) is 35.1. The number of ether oxygens (including phenoxy) is 5. The molecule has 0 aliphatic carbocycles. The average Bonchev–Trinajstić information content (AvgIpc) is 3.37. The van der Waals surface area contributed by atoms with Gasteiger partial charge in [0, 0.05) is 13.0 Å². The van der Waals surface area contributed by atoms with Gasteiger partial charge in [-0.05, 0) is 12.1 Å². The number of hydrogen-bond donors (Lipinski definition) is 4. The Morgan fingerprint density at radius 1 is 1.16 bits per heavy atom. The van der Waals surface area contributed by atoms with Gasteiger partial charge < -0.3 is 44.3 Å². The normalized spacial score (nSPS) is 23.2. The van der Waals surface area contributed by atoms with Gasteiger partial charge in [0.15, 0.2) is 12.9 Å². The lowest BCUT2D eigenvalue weighted by Gasteiger charge is -2.42. The van der Waals surface area contributed by atoms with Crippen molar-refractivity contribution in [3.63, 3.8) is 0 Å². The minimum Gasteiger partial charge on any atom is -0.481 e. The van der Waals surface area contributed by atoms with Crippen LogP contribution in [0.2, 0.25) is 0 Å². The molecule has 0 radical (unpaired) electrons. The average molecular weight is 524 g/mol. The number of amides is 1.